The fourth-order valence-electron chi connectivity index (χ4n) is 3.30. The lowest BCUT2D eigenvalue weighted by atomic mass is 9.97. The summed E-state index contributed by atoms with van der Waals surface area (Å²) in [5, 5.41) is 3.79. The third-order valence-corrected chi connectivity index (χ3v) is 4.69. The average molecular weight is 238 g/mol. The van der Waals surface area contributed by atoms with Crippen LogP contribution in [0.2, 0.25) is 0 Å². The molecule has 1 aliphatic carbocycles. The number of hydrogen-bond acceptors (Lipinski definition) is 3. The number of hydrogen-bond donors (Lipinski definition) is 1. The maximum absolute atomic E-state index is 5.49. The van der Waals surface area contributed by atoms with Gasteiger partial charge in [-0.25, -0.2) is 0 Å². The molecule has 2 aliphatic heterocycles. The van der Waals surface area contributed by atoms with Gasteiger partial charge in [0.2, 0.25) is 0 Å². The van der Waals surface area contributed by atoms with Crippen LogP contribution in [-0.4, -0.2) is 49.8 Å². The summed E-state index contributed by atoms with van der Waals surface area (Å²) in [6.45, 7) is 8.10. The average Bonchev–Trinajstić information content (AvgIpc) is 3.08. The molecule has 1 N–H and O–H groups in total. The predicted molar refractivity (Wildman–Crippen MR) is 69.1 cm³/mol. The van der Waals surface area contributed by atoms with E-state index in [4.69, 9.17) is 4.74 Å². The van der Waals surface area contributed by atoms with E-state index < -0.39 is 0 Å². The minimum Gasteiger partial charge on any atom is -0.381 e. The lowest BCUT2D eigenvalue weighted by Gasteiger charge is -2.30. The largest absolute Gasteiger partial charge is 0.381 e. The SMILES string of the molecule is CC1COCCC1NCC1CCN(C2CC2)C1. The van der Waals surface area contributed by atoms with Crippen LogP contribution in [0.15, 0.2) is 0 Å². The fraction of sp³-hybridized carbons (Fsp3) is 1.00. The molecule has 0 bridgehead atoms. The molecule has 2 saturated heterocycles. The molecule has 0 amide bonds. The van der Waals surface area contributed by atoms with Crippen LogP contribution >= 0.6 is 0 Å². The van der Waals surface area contributed by atoms with Gasteiger partial charge in [-0.2, -0.15) is 0 Å². The molecule has 0 aromatic heterocycles. The number of ether oxygens (including phenoxy) is 1. The summed E-state index contributed by atoms with van der Waals surface area (Å²) >= 11 is 0. The number of nitrogens with zero attached hydrogens (tertiary/aromatic N) is 1. The zero-order chi connectivity index (χ0) is 11.7. The summed E-state index contributed by atoms with van der Waals surface area (Å²) in [5.74, 6) is 1.58. The van der Waals surface area contributed by atoms with E-state index in [-0.39, 0.29) is 0 Å². The van der Waals surface area contributed by atoms with Gasteiger partial charge < -0.3 is 15.0 Å². The highest BCUT2D eigenvalue weighted by Gasteiger charge is 2.34. The minimum atomic E-state index is 0.685. The van der Waals surface area contributed by atoms with E-state index in [9.17, 15) is 0 Å². The van der Waals surface area contributed by atoms with Crippen LogP contribution in [-0.2, 0) is 4.74 Å². The van der Waals surface area contributed by atoms with Crippen molar-refractivity contribution in [2.24, 2.45) is 11.8 Å². The van der Waals surface area contributed by atoms with Gasteiger partial charge in [0.05, 0.1) is 6.61 Å². The Morgan fingerprint density at radius 3 is 2.88 bits per heavy atom. The lowest BCUT2D eigenvalue weighted by Crippen LogP contribution is -2.43. The second kappa shape index (κ2) is 5.25. The Bertz CT molecular complexity index is 255. The van der Waals surface area contributed by atoms with Gasteiger partial charge in [0.25, 0.3) is 0 Å². The van der Waals surface area contributed by atoms with Gasteiger partial charge in [-0.15, -0.1) is 0 Å². The van der Waals surface area contributed by atoms with Gasteiger partial charge in [-0.3, -0.25) is 0 Å². The summed E-state index contributed by atoms with van der Waals surface area (Å²) in [6, 6.07) is 1.65. The first-order chi connectivity index (χ1) is 8.33. The van der Waals surface area contributed by atoms with Crippen LogP contribution in [0.3, 0.4) is 0 Å². The molecule has 3 atom stereocenters. The minimum absolute atomic E-state index is 0.685. The van der Waals surface area contributed by atoms with Gasteiger partial charge in [-0.05, 0) is 50.6 Å². The molecule has 0 aromatic carbocycles. The maximum Gasteiger partial charge on any atom is 0.0506 e. The van der Waals surface area contributed by atoms with Crippen molar-refractivity contribution in [2.75, 3.05) is 32.8 Å². The van der Waals surface area contributed by atoms with E-state index in [2.05, 4.69) is 17.1 Å². The van der Waals surface area contributed by atoms with E-state index in [1.165, 1.54) is 45.3 Å². The first-order valence-electron chi connectivity index (χ1n) is 7.38. The van der Waals surface area contributed by atoms with Crippen molar-refractivity contribution in [3.8, 4) is 0 Å². The summed E-state index contributed by atoms with van der Waals surface area (Å²) in [4.78, 5) is 2.71. The highest BCUT2D eigenvalue weighted by atomic mass is 16.5. The quantitative estimate of drug-likeness (QED) is 0.803. The first kappa shape index (κ1) is 11.9. The first-order valence-corrected chi connectivity index (χ1v) is 7.38. The molecule has 3 nitrogen and oxygen atoms in total. The van der Waals surface area contributed by atoms with Crippen molar-refractivity contribution in [3.05, 3.63) is 0 Å². The zero-order valence-electron chi connectivity index (χ0n) is 11.0. The van der Waals surface area contributed by atoms with Gasteiger partial charge >= 0.3 is 0 Å². The molecular formula is C14H26N2O. The Kier molecular flexibility index (Phi) is 3.69. The fourth-order valence-corrected chi connectivity index (χ4v) is 3.30. The summed E-state index contributed by atoms with van der Waals surface area (Å²) in [6.07, 6.45) is 5.51. The number of rotatable bonds is 4. The molecular weight excluding hydrogens is 212 g/mol. The van der Waals surface area contributed by atoms with Gasteiger partial charge in [0.1, 0.15) is 0 Å². The Labute approximate surface area is 105 Å². The van der Waals surface area contributed by atoms with Crippen molar-refractivity contribution >= 4 is 0 Å². The van der Waals surface area contributed by atoms with Crippen LogP contribution in [0.1, 0.15) is 32.6 Å². The normalized spacial score (nSPS) is 39.7. The molecule has 3 heteroatoms. The molecule has 0 spiro atoms. The second-order valence-corrected chi connectivity index (χ2v) is 6.24. The van der Waals surface area contributed by atoms with E-state index in [1.54, 1.807) is 0 Å². The Balaban J connectivity index is 1.39. The summed E-state index contributed by atoms with van der Waals surface area (Å²) in [7, 11) is 0. The Hall–Kier alpha value is -0.120. The molecule has 98 valence electrons. The third-order valence-electron chi connectivity index (χ3n) is 4.69. The zero-order valence-corrected chi connectivity index (χ0v) is 11.0. The number of likely N-dealkylation sites (tertiary alicyclic amines) is 1. The lowest BCUT2D eigenvalue weighted by molar-refractivity contribution is 0.0381. The van der Waals surface area contributed by atoms with Crippen molar-refractivity contribution in [1.29, 1.82) is 0 Å². The Morgan fingerprint density at radius 1 is 1.24 bits per heavy atom. The van der Waals surface area contributed by atoms with E-state index in [0.717, 1.165) is 25.2 Å². The van der Waals surface area contributed by atoms with Crippen LogP contribution in [0, 0.1) is 11.8 Å². The smallest absolute Gasteiger partial charge is 0.0506 e. The van der Waals surface area contributed by atoms with Crippen LogP contribution in [0.5, 0.6) is 0 Å². The molecule has 0 radical (unpaired) electrons. The van der Waals surface area contributed by atoms with Gasteiger partial charge in [0.15, 0.2) is 0 Å². The van der Waals surface area contributed by atoms with Crippen molar-refractivity contribution in [3.63, 3.8) is 0 Å². The molecule has 3 unspecified atom stereocenters. The molecule has 3 aliphatic rings. The highest BCUT2D eigenvalue weighted by molar-refractivity contribution is 4.90. The van der Waals surface area contributed by atoms with E-state index in [0.29, 0.717) is 12.0 Å². The van der Waals surface area contributed by atoms with E-state index in [1.807, 2.05) is 0 Å². The second-order valence-electron chi connectivity index (χ2n) is 6.24. The Morgan fingerprint density at radius 2 is 2.12 bits per heavy atom. The van der Waals surface area contributed by atoms with Crippen LogP contribution in [0.4, 0.5) is 0 Å². The van der Waals surface area contributed by atoms with Crippen LogP contribution in [0.25, 0.3) is 0 Å². The monoisotopic (exact) mass is 238 g/mol. The molecule has 3 rings (SSSR count). The van der Waals surface area contributed by atoms with Gasteiger partial charge in [0, 0.05) is 25.2 Å². The van der Waals surface area contributed by atoms with Gasteiger partial charge in [-0.1, -0.05) is 6.92 Å². The van der Waals surface area contributed by atoms with Crippen molar-refractivity contribution in [2.45, 2.75) is 44.7 Å². The molecule has 2 heterocycles. The predicted octanol–water partition coefficient (Wildman–Crippen LogP) is 1.49. The van der Waals surface area contributed by atoms with Crippen molar-refractivity contribution < 1.29 is 4.74 Å². The highest BCUT2D eigenvalue weighted by Crippen LogP contribution is 2.31. The summed E-state index contributed by atoms with van der Waals surface area (Å²) < 4.78 is 5.49. The molecule has 0 aromatic rings. The van der Waals surface area contributed by atoms with Crippen molar-refractivity contribution in [1.82, 2.24) is 10.2 Å². The van der Waals surface area contributed by atoms with Crippen LogP contribution < -0.4 is 5.32 Å². The maximum atomic E-state index is 5.49. The standard InChI is InChI=1S/C14H26N2O/c1-11-10-17-7-5-14(11)15-8-12-4-6-16(9-12)13-2-3-13/h11-15H,2-10H2,1H3. The van der Waals surface area contributed by atoms with E-state index >= 15 is 0 Å². The number of nitrogens with one attached hydrogen (secondary N) is 1. The molecule has 1 saturated carbocycles. The molecule has 17 heavy (non-hydrogen) atoms. The third kappa shape index (κ3) is 3.01. The summed E-state index contributed by atoms with van der Waals surface area (Å²) in [5.41, 5.74) is 0. The topological polar surface area (TPSA) is 24.5 Å². The molecule has 3 fully saturated rings.